The molecule has 30 heavy (non-hydrogen) atoms. The number of amides is 3. The zero-order valence-electron chi connectivity index (χ0n) is 16.9. The molecule has 0 saturated carbocycles. The van der Waals surface area contributed by atoms with Gasteiger partial charge < -0.3 is 15.1 Å². The topological polar surface area (TPSA) is 69.7 Å². The number of nitrogens with zero attached hydrogens (tertiary/aromatic N) is 2. The average molecular weight is 446 g/mol. The lowest BCUT2D eigenvalue weighted by atomic mass is 9.96. The number of piperidine rings is 1. The zero-order chi connectivity index (χ0) is 21.7. The first-order chi connectivity index (χ1) is 14.3. The minimum absolute atomic E-state index is 0.0561. The first-order valence-corrected chi connectivity index (χ1v) is 10.9. The highest BCUT2D eigenvalue weighted by Crippen LogP contribution is 2.24. The Balaban J connectivity index is 1.58. The smallest absolute Gasteiger partial charge is 0.285 e. The number of hydrogen-bond acceptors (Lipinski definition) is 4. The molecule has 0 spiro atoms. The van der Waals surface area contributed by atoms with Crippen LogP contribution in [-0.4, -0.2) is 54.0 Å². The lowest BCUT2D eigenvalue weighted by molar-refractivity contribution is -0.121. The van der Waals surface area contributed by atoms with Gasteiger partial charge in [-0.25, -0.2) is 0 Å². The molecule has 0 aliphatic carbocycles. The van der Waals surface area contributed by atoms with Gasteiger partial charge in [-0.1, -0.05) is 11.6 Å². The Labute approximate surface area is 185 Å². The van der Waals surface area contributed by atoms with E-state index >= 15 is 0 Å². The van der Waals surface area contributed by atoms with Crippen LogP contribution in [0.2, 0.25) is 5.02 Å². The Morgan fingerprint density at radius 3 is 2.37 bits per heavy atom. The molecule has 2 aromatic carbocycles. The highest BCUT2D eigenvalue weighted by molar-refractivity contribution is 8.13. The molecule has 6 nitrogen and oxygen atoms in total. The second kappa shape index (κ2) is 10.00. The summed E-state index contributed by atoms with van der Waals surface area (Å²) in [7, 11) is 3.41. The molecule has 1 aliphatic heterocycles. The number of halogens is 1. The maximum absolute atomic E-state index is 12.7. The number of anilines is 1. The van der Waals surface area contributed by atoms with Crippen LogP contribution in [0.5, 0.6) is 0 Å². The van der Waals surface area contributed by atoms with Crippen molar-refractivity contribution in [2.24, 2.45) is 5.92 Å². The van der Waals surface area contributed by atoms with E-state index in [4.69, 9.17) is 11.6 Å². The van der Waals surface area contributed by atoms with Crippen molar-refractivity contribution in [3.63, 3.8) is 0 Å². The number of carbonyl (C=O) groups excluding carboxylic acids is 3. The Kier molecular flexibility index (Phi) is 7.39. The fourth-order valence-electron chi connectivity index (χ4n) is 3.19. The van der Waals surface area contributed by atoms with Crippen molar-refractivity contribution in [1.29, 1.82) is 0 Å². The number of hydrogen-bond donors (Lipinski definition) is 1. The summed E-state index contributed by atoms with van der Waals surface area (Å²) in [4.78, 5) is 41.3. The molecule has 3 amide bonds. The van der Waals surface area contributed by atoms with E-state index in [0.29, 0.717) is 29.4 Å². The summed E-state index contributed by atoms with van der Waals surface area (Å²) in [6.07, 6.45) is 1.52. The van der Waals surface area contributed by atoms with Gasteiger partial charge in [0.05, 0.1) is 5.92 Å². The average Bonchev–Trinajstić information content (AvgIpc) is 2.75. The van der Waals surface area contributed by atoms with Crippen LogP contribution < -0.4 is 5.32 Å². The van der Waals surface area contributed by atoms with E-state index in [2.05, 4.69) is 5.32 Å². The Hall–Kier alpha value is -2.51. The summed E-state index contributed by atoms with van der Waals surface area (Å²) in [5, 5.41) is 3.45. The van der Waals surface area contributed by atoms with E-state index in [1.165, 1.54) is 4.90 Å². The maximum Gasteiger partial charge on any atom is 0.285 e. The minimum atomic E-state index is -0.264. The van der Waals surface area contributed by atoms with Crippen molar-refractivity contribution < 1.29 is 14.4 Å². The maximum atomic E-state index is 12.7. The normalized spacial score (nSPS) is 16.1. The molecule has 1 fully saturated rings. The van der Waals surface area contributed by atoms with Crippen LogP contribution in [0.15, 0.2) is 53.4 Å². The molecule has 1 N–H and O–H groups in total. The summed E-state index contributed by atoms with van der Waals surface area (Å²) < 4.78 is 0. The number of carbonyl (C=O) groups is 3. The third-order valence-corrected chi connectivity index (χ3v) is 6.16. The van der Waals surface area contributed by atoms with Gasteiger partial charge in [-0.2, -0.15) is 0 Å². The second-order valence-electron chi connectivity index (χ2n) is 7.37. The molecular weight excluding hydrogens is 422 g/mol. The Morgan fingerprint density at radius 1 is 1.07 bits per heavy atom. The van der Waals surface area contributed by atoms with Crippen LogP contribution in [0, 0.1) is 5.92 Å². The molecule has 1 unspecified atom stereocenters. The highest BCUT2D eigenvalue weighted by Gasteiger charge is 2.29. The Morgan fingerprint density at radius 2 is 1.73 bits per heavy atom. The fourth-order valence-corrected chi connectivity index (χ4v) is 3.98. The molecule has 0 aromatic heterocycles. The van der Waals surface area contributed by atoms with E-state index < -0.39 is 0 Å². The molecule has 0 radical (unpaired) electrons. The van der Waals surface area contributed by atoms with Crippen LogP contribution >= 0.6 is 23.4 Å². The van der Waals surface area contributed by atoms with Crippen molar-refractivity contribution in [1.82, 2.24) is 9.80 Å². The van der Waals surface area contributed by atoms with Crippen LogP contribution in [0.4, 0.5) is 10.5 Å². The number of nitrogens with one attached hydrogen (secondary N) is 1. The van der Waals surface area contributed by atoms with Gasteiger partial charge in [-0.3, -0.25) is 14.4 Å². The van der Waals surface area contributed by atoms with Crippen LogP contribution in [0.1, 0.15) is 23.2 Å². The molecule has 3 rings (SSSR count). The molecule has 2 aromatic rings. The van der Waals surface area contributed by atoms with E-state index in [0.717, 1.165) is 29.5 Å². The minimum Gasteiger partial charge on any atom is -0.339 e. The quantitative estimate of drug-likeness (QED) is 0.698. The number of rotatable bonds is 4. The monoisotopic (exact) mass is 445 g/mol. The van der Waals surface area contributed by atoms with Crippen molar-refractivity contribution >= 4 is 46.1 Å². The first-order valence-electron chi connectivity index (χ1n) is 9.68. The molecular formula is C22H24ClN3O3S. The number of likely N-dealkylation sites (tertiary alicyclic amines) is 1. The largest absolute Gasteiger partial charge is 0.339 e. The molecule has 0 bridgehead atoms. The predicted molar refractivity (Wildman–Crippen MR) is 120 cm³/mol. The molecule has 1 aliphatic rings. The molecule has 1 saturated heterocycles. The highest BCUT2D eigenvalue weighted by atomic mass is 35.5. The second-order valence-corrected chi connectivity index (χ2v) is 8.83. The fraction of sp³-hybridized carbons (Fsp3) is 0.318. The summed E-state index contributed by atoms with van der Waals surface area (Å²) >= 11 is 7.03. The van der Waals surface area contributed by atoms with E-state index in [1.807, 2.05) is 0 Å². The molecule has 158 valence electrons. The summed E-state index contributed by atoms with van der Waals surface area (Å²) in [6, 6.07) is 14.0. The van der Waals surface area contributed by atoms with Gasteiger partial charge in [-0.15, -0.1) is 0 Å². The number of thioether (sulfide) groups is 1. The van der Waals surface area contributed by atoms with Crippen molar-refractivity contribution in [2.75, 3.05) is 32.5 Å². The van der Waals surface area contributed by atoms with Gasteiger partial charge in [0, 0.05) is 48.4 Å². The third-order valence-electron chi connectivity index (χ3n) is 4.86. The van der Waals surface area contributed by atoms with Crippen LogP contribution in [0.3, 0.4) is 0 Å². The zero-order valence-corrected chi connectivity index (χ0v) is 18.5. The third kappa shape index (κ3) is 5.77. The molecule has 8 heteroatoms. The lowest BCUT2D eigenvalue weighted by Gasteiger charge is -2.32. The van der Waals surface area contributed by atoms with Crippen molar-refractivity contribution in [3.05, 3.63) is 59.1 Å². The van der Waals surface area contributed by atoms with Gasteiger partial charge >= 0.3 is 0 Å². The SMILES string of the molecule is CN(C)C(=O)Sc1ccc(NC(=O)C2CCCN(C(=O)c3ccc(Cl)cc3)C2)cc1. The lowest BCUT2D eigenvalue weighted by Crippen LogP contribution is -2.43. The Bertz CT molecular complexity index is 916. The summed E-state index contributed by atoms with van der Waals surface area (Å²) in [5.41, 5.74) is 1.24. The van der Waals surface area contributed by atoms with Crippen molar-refractivity contribution in [3.8, 4) is 0 Å². The van der Waals surface area contributed by atoms with Gasteiger partial charge in [0.15, 0.2) is 0 Å². The van der Waals surface area contributed by atoms with Crippen LogP contribution in [-0.2, 0) is 4.79 Å². The standard InChI is InChI=1S/C22H24ClN3O3S/c1-25(2)22(29)30-19-11-9-18(10-12-19)24-20(27)16-4-3-13-26(14-16)21(28)15-5-7-17(23)8-6-15/h5-12,16H,3-4,13-14H2,1-2H3,(H,24,27). The first kappa shape index (κ1) is 22.2. The van der Waals surface area contributed by atoms with E-state index in [1.54, 1.807) is 67.5 Å². The van der Waals surface area contributed by atoms with Gasteiger partial charge in [0.2, 0.25) is 5.91 Å². The molecule has 1 atom stereocenters. The summed E-state index contributed by atoms with van der Waals surface area (Å²) in [5.74, 6) is -0.455. The van der Waals surface area contributed by atoms with Gasteiger partial charge in [0.1, 0.15) is 0 Å². The van der Waals surface area contributed by atoms with Crippen LogP contribution in [0.25, 0.3) is 0 Å². The van der Waals surface area contributed by atoms with Gasteiger partial charge in [-0.05, 0) is 73.1 Å². The predicted octanol–water partition coefficient (Wildman–Crippen LogP) is 4.60. The van der Waals surface area contributed by atoms with E-state index in [9.17, 15) is 14.4 Å². The van der Waals surface area contributed by atoms with E-state index in [-0.39, 0.29) is 23.0 Å². The summed E-state index contributed by atoms with van der Waals surface area (Å²) in [6.45, 7) is 1.02. The molecule has 1 heterocycles. The number of benzene rings is 2. The van der Waals surface area contributed by atoms with Crippen molar-refractivity contribution in [2.45, 2.75) is 17.7 Å². The van der Waals surface area contributed by atoms with Gasteiger partial charge in [0.25, 0.3) is 11.1 Å².